The summed E-state index contributed by atoms with van der Waals surface area (Å²) in [6, 6.07) is 6.98. The number of Topliss-reactive ketones (excluding diaryl/α,β-unsaturated/α-hetero) is 1. The smallest absolute Gasteiger partial charge is 0.231 e. The van der Waals surface area contributed by atoms with Gasteiger partial charge in [0.15, 0.2) is 5.76 Å². The second-order valence-electron chi connectivity index (χ2n) is 7.92. The van der Waals surface area contributed by atoms with Crippen molar-refractivity contribution >= 4 is 11.4 Å². The molecule has 5 nitrogen and oxygen atoms in total. The molecule has 0 amide bonds. The van der Waals surface area contributed by atoms with E-state index in [1.165, 1.54) is 6.42 Å². The first kappa shape index (κ1) is 18.7. The minimum absolute atomic E-state index is 0.160. The van der Waals surface area contributed by atoms with E-state index in [9.17, 15) is 9.90 Å². The lowest BCUT2D eigenvalue weighted by atomic mass is 10.0. The molecule has 30 heavy (non-hydrogen) atoms. The summed E-state index contributed by atoms with van der Waals surface area (Å²) < 4.78 is 6.03. The molecule has 0 unspecified atom stereocenters. The Morgan fingerprint density at radius 2 is 1.97 bits per heavy atom. The van der Waals surface area contributed by atoms with Crippen molar-refractivity contribution in [1.82, 2.24) is 9.88 Å². The topological polar surface area (TPSA) is 62.7 Å². The average molecular weight is 398 g/mol. The van der Waals surface area contributed by atoms with E-state index < -0.39 is 0 Å². The van der Waals surface area contributed by atoms with Gasteiger partial charge in [-0.15, -0.1) is 6.42 Å². The molecule has 0 saturated carbocycles. The number of aromatic hydroxyl groups is 1. The number of phenols is 1. The SMILES string of the molecule is C#Cc1ccc2c(n1)CC=C2/C=C1\Oc2c(ccc(O)c2CN2CCCCC2)C1=O. The summed E-state index contributed by atoms with van der Waals surface area (Å²) in [6.07, 6.45) is 13.5. The highest BCUT2D eigenvalue weighted by atomic mass is 16.5. The Balaban J connectivity index is 1.45. The van der Waals surface area contributed by atoms with Crippen molar-refractivity contribution in [1.29, 1.82) is 0 Å². The van der Waals surface area contributed by atoms with E-state index in [0.29, 0.717) is 35.5 Å². The first-order valence-electron chi connectivity index (χ1n) is 10.3. The number of allylic oxidation sites excluding steroid dienone is 4. The predicted octanol–water partition coefficient (Wildman–Crippen LogP) is 3.85. The molecule has 5 rings (SSSR count). The van der Waals surface area contributed by atoms with Gasteiger partial charge in [-0.1, -0.05) is 18.4 Å². The largest absolute Gasteiger partial charge is 0.507 e. The van der Waals surface area contributed by atoms with E-state index in [4.69, 9.17) is 11.2 Å². The number of piperidine rings is 1. The van der Waals surface area contributed by atoms with Crippen molar-refractivity contribution in [3.05, 3.63) is 70.3 Å². The number of benzene rings is 1. The predicted molar refractivity (Wildman–Crippen MR) is 114 cm³/mol. The lowest BCUT2D eigenvalue weighted by Gasteiger charge is -2.27. The Morgan fingerprint density at radius 1 is 1.17 bits per heavy atom. The summed E-state index contributed by atoms with van der Waals surface area (Å²) >= 11 is 0. The van der Waals surface area contributed by atoms with Crippen molar-refractivity contribution in [2.45, 2.75) is 32.2 Å². The molecule has 1 saturated heterocycles. The van der Waals surface area contributed by atoms with Gasteiger partial charge >= 0.3 is 0 Å². The molecule has 5 heteroatoms. The fourth-order valence-electron chi connectivity index (χ4n) is 4.39. The molecular weight excluding hydrogens is 376 g/mol. The van der Waals surface area contributed by atoms with Gasteiger partial charge in [0, 0.05) is 18.5 Å². The second-order valence-corrected chi connectivity index (χ2v) is 7.92. The third-order valence-electron chi connectivity index (χ3n) is 5.98. The van der Waals surface area contributed by atoms with Gasteiger partial charge in [0.1, 0.15) is 17.2 Å². The molecule has 0 spiro atoms. The Hall–Kier alpha value is -3.36. The van der Waals surface area contributed by atoms with Crippen LogP contribution in [0.2, 0.25) is 0 Å². The van der Waals surface area contributed by atoms with Crippen LogP contribution < -0.4 is 4.74 Å². The molecule has 1 aliphatic carbocycles. The highest BCUT2D eigenvalue weighted by Crippen LogP contribution is 2.41. The van der Waals surface area contributed by atoms with Crippen molar-refractivity contribution in [3.8, 4) is 23.8 Å². The van der Waals surface area contributed by atoms with Crippen LogP contribution in [-0.4, -0.2) is 33.9 Å². The first-order chi connectivity index (χ1) is 14.6. The average Bonchev–Trinajstić information content (AvgIpc) is 3.32. The number of aromatic nitrogens is 1. The molecule has 2 aromatic rings. The lowest BCUT2D eigenvalue weighted by molar-refractivity contribution is 0.101. The minimum Gasteiger partial charge on any atom is -0.507 e. The Labute approximate surface area is 175 Å². The van der Waals surface area contributed by atoms with Gasteiger partial charge in [-0.05, 0) is 61.8 Å². The number of ketones is 1. The zero-order valence-corrected chi connectivity index (χ0v) is 16.6. The van der Waals surface area contributed by atoms with Crippen molar-refractivity contribution in [2.24, 2.45) is 0 Å². The molecule has 0 radical (unpaired) electrons. The van der Waals surface area contributed by atoms with E-state index in [2.05, 4.69) is 15.8 Å². The third-order valence-corrected chi connectivity index (χ3v) is 5.98. The normalized spacial score (nSPS) is 19.2. The number of pyridine rings is 1. The number of hydrogen-bond donors (Lipinski definition) is 1. The zero-order valence-electron chi connectivity index (χ0n) is 16.6. The summed E-state index contributed by atoms with van der Waals surface area (Å²) in [6.45, 7) is 2.58. The molecule has 1 aromatic carbocycles. The quantitative estimate of drug-likeness (QED) is 0.629. The fraction of sp³-hybridized carbons (Fsp3) is 0.280. The molecule has 150 valence electrons. The van der Waals surface area contributed by atoms with Gasteiger partial charge in [0.25, 0.3) is 0 Å². The summed E-state index contributed by atoms with van der Waals surface area (Å²) in [5.41, 5.74) is 4.57. The number of fused-ring (bicyclic) bond motifs is 2. The lowest BCUT2D eigenvalue weighted by Crippen LogP contribution is -2.29. The highest BCUT2D eigenvalue weighted by molar-refractivity contribution is 6.14. The maximum absolute atomic E-state index is 13.0. The molecule has 3 aliphatic rings. The number of terminal acetylenes is 1. The van der Waals surface area contributed by atoms with Crippen molar-refractivity contribution < 1.29 is 14.6 Å². The molecular formula is C25H22N2O3. The maximum atomic E-state index is 13.0. The summed E-state index contributed by atoms with van der Waals surface area (Å²) in [5, 5.41) is 10.5. The zero-order chi connectivity index (χ0) is 20.7. The van der Waals surface area contributed by atoms with Crippen LogP contribution >= 0.6 is 0 Å². The van der Waals surface area contributed by atoms with E-state index in [1.54, 1.807) is 24.3 Å². The fourth-order valence-corrected chi connectivity index (χ4v) is 4.39. The number of carbonyl (C=O) groups excluding carboxylic acids is 1. The highest BCUT2D eigenvalue weighted by Gasteiger charge is 2.32. The van der Waals surface area contributed by atoms with Gasteiger partial charge in [0.05, 0.1) is 16.8 Å². The molecule has 2 aliphatic heterocycles. The number of phenolic OH excluding ortho intramolecular Hbond substituents is 1. The number of carbonyl (C=O) groups is 1. The number of ether oxygens (including phenoxy) is 1. The maximum Gasteiger partial charge on any atom is 0.231 e. The molecule has 1 aromatic heterocycles. The number of rotatable bonds is 3. The number of hydrogen-bond acceptors (Lipinski definition) is 5. The van der Waals surface area contributed by atoms with Crippen LogP contribution in [0.1, 0.15) is 52.1 Å². The first-order valence-corrected chi connectivity index (χ1v) is 10.3. The van der Waals surface area contributed by atoms with E-state index >= 15 is 0 Å². The van der Waals surface area contributed by atoms with Crippen LogP contribution in [0.3, 0.4) is 0 Å². The van der Waals surface area contributed by atoms with Crippen LogP contribution in [-0.2, 0) is 13.0 Å². The van der Waals surface area contributed by atoms with E-state index in [1.807, 2.05) is 12.1 Å². The van der Waals surface area contributed by atoms with Crippen LogP contribution in [0.4, 0.5) is 0 Å². The number of likely N-dealkylation sites (tertiary alicyclic amines) is 1. The van der Waals surface area contributed by atoms with Gasteiger partial charge in [-0.2, -0.15) is 0 Å². The van der Waals surface area contributed by atoms with Gasteiger partial charge < -0.3 is 9.84 Å². The number of nitrogens with zero attached hydrogens (tertiary/aromatic N) is 2. The van der Waals surface area contributed by atoms with Crippen molar-refractivity contribution in [2.75, 3.05) is 13.1 Å². The van der Waals surface area contributed by atoms with Gasteiger partial charge in [-0.3, -0.25) is 9.69 Å². The molecule has 0 bridgehead atoms. The van der Waals surface area contributed by atoms with Crippen LogP contribution in [0, 0.1) is 12.3 Å². The molecule has 1 fully saturated rings. The molecule has 3 heterocycles. The van der Waals surface area contributed by atoms with Crippen LogP contribution in [0.25, 0.3) is 5.57 Å². The van der Waals surface area contributed by atoms with Crippen LogP contribution in [0.5, 0.6) is 11.5 Å². The van der Waals surface area contributed by atoms with Gasteiger partial charge in [0.2, 0.25) is 5.78 Å². The minimum atomic E-state index is -0.160. The second kappa shape index (κ2) is 7.47. The van der Waals surface area contributed by atoms with Gasteiger partial charge in [-0.25, -0.2) is 4.98 Å². The Kier molecular flexibility index (Phi) is 4.65. The summed E-state index contributed by atoms with van der Waals surface area (Å²) in [4.78, 5) is 19.8. The monoisotopic (exact) mass is 398 g/mol. The van der Waals surface area contributed by atoms with E-state index in [-0.39, 0.29) is 17.3 Å². The Bertz CT molecular complexity index is 1150. The van der Waals surface area contributed by atoms with E-state index in [0.717, 1.165) is 42.8 Å². The van der Waals surface area contributed by atoms with Crippen molar-refractivity contribution in [3.63, 3.8) is 0 Å². The Morgan fingerprint density at radius 3 is 2.77 bits per heavy atom. The van der Waals surface area contributed by atoms with Crippen LogP contribution in [0.15, 0.2) is 42.2 Å². The standard InChI is InChI=1S/C25H22N2O3/c1-2-17-7-8-18-16(6-10-21(18)26-17)14-23-24(29)19-9-11-22(28)20(25(19)30-23)15-27-12-4-3-5-13-27/h1,6-9,11,14,28H,3-5,10,12-13,15H2/b23-14-. The third kappa shape index (κ3) is 3.20. The molecule has 1 N–H and O–H groups in total. The molecule has 0 atom stereocenters. The summed E-state index contributed by atoms with van der Waals surface area (Å²) in [5.74, 6) is 3.32. The summed E-state index contributed by atoms with van der Waals surface area (Å²) in [7, 11) is 0.